The molecule has 34 heavy (non-hydrogen) atoms. The number of nitrogens with one attached hydrogen (secondary N) is 2. The van der Waals surface area contributed by atoms with Crippen molar-refractivity contribution in [2.24, 2.45) is 0 Å². The Morgan fingerprint density at radius 1 is 1.06 bits per heavy atom. The van der Waals surface area contributed by atoms with E-state index in [4.69, 9.17) is 4.42 Å². The molecule has 0 amide bonds. The average Bonchev–Trinajstić information content (AvgIpc) is 3.36. The lowest BCUT2D eigenvalue weighted by molar-refractivity contribution is 0.601. The van der Waals surface area contributed by atoms with Crippen molar-refractivity contribution in [2.75, 3.05) is 5.32 Å². The Morgan fingerprint density at radius 2 is 1.88 bits per heavy atom. The monoisotopic (exact) mass is 455 g/mol. The molecule has 0 aliphatic carbocycles. The summed E-state index contributed by atoms with van der Waals surface area (Å²) in [5.41, 5.74) is 4.65. The molecule has 8 heteroatoms. The van der Waals surface area contributed by atoms with Crippen LogP contribution in [0.1, 0.15) is 29.7 Å². The third kappa shape index (κ3) is 3.83. The van der Waals surface area contributed by atoms with Gasteiger partial charge in [0.25, 0.3) is 0 Å². The molecule has 0 saturated heterocycles. The van der Waals surface area contributed by atoms with E-state index in [1.165, 1.54) is 12.1 Å². The van der Waals surface area contributed by atoms with Crippen molar-refractivity contribution in [3.63, 3.8) is 0 Å². The van der Waals surface area contributed by atoms with E-state index >= 15 is 0 Å². The van der Waals surface area contributed by atoms with Crippen LogP contribution in [0.25, 0.3) is 33.7 Å². The molecule has 1 atom stereocenters. The van der Waals surface area contributed by atoms with Crippen molar-refractivity contribution in [1.82, 2.24) is 20.6 Å². The van der Waals surface area contributed by atoms with Crippen LogP contribution in [0.15, 0.2) is 69.9 Å². The first-order valence-corrected chi connectivity index (χ1v) is 10.9. The molecule has 0 bridgehead atoms. The van der Waals surface area contributed by atoms with Crippen LogP contribution in [0.5, 0.6) is 0 Å². The highest BCUT2D eigenvalue weighted by atomic mass is 19.1. The molecule has 2 N–H and O–H groups in total. The number of rotatable bonds is 5. The number of hydrogen-bond acceptors (Lipinski definition) is 6. The molecule has 2 heterocycles. The van der Waals surface area contributed by atoms with Gasteiger partial charge in [0.2, 0.25) is 5.82 Å². The number of anilines is 1. The summed E-state index contributed by atoms with van der Waals surface area (Å²) in [7, 11) is 0. The first-order valence-electron chi connectivity index (χ1n) is 10.9. The molecule has 2 aromatic heterocycles. The maximum Gasteiger partial charge on any atom is 0.206 e. The fourth-order valence-electron chi connectivity index (χ4n) is 4.19. The fourth-order valence-corrected chi connectivity index (χ4v) is 4.19. The third-order valence-electron chi connectivity index (χ3n) is 5.83. The van der Waals surface area contributed by atoms with Crippen molar-refractivity contribution in [2.45, 2.75) is 26.8 Å². The lowest BCUT2D eigenvalue weighted by atomic mass is 9.98. The maximum atomic E-state index is 13.9. The highest BCUT2D eigenvalue weighted by Crippen LogP contribution is 2.34. The van der Waals surface area contributed by atoms with Crippen molar-refractivity contribution in [3.8, 4) is 22.7 Å². The number of nitrogens with zero attached hydrogens (tertiary/aromatic N) is 3. The van der Waals surface area contributed by atoms with E-state index in [-0.39, 0.29) is 11.5 Å². The first kappa shape index (κ1) is 21.5. The molecule has 0 unspecified atom stereocenters. The molecular weight excluding hydrogens is 433 g/mol. The maximum absolute atomic E-state index is 13.9. The van der Waals surface area contributed by atoms with E-state index in [0.29, 0.717) is 33.7 Å². The molecule has 0 fully saturated rings. The summed E-state index contributed by atoms with van der Waals surface area (Å²) in [6.07, 6.45) is 0. The average molecular weight is 455 g/mol. The van der Waals surface area contributed by atoms with E-state index in [1.54, 1.807) is 19.1 Å². The summed E-state index contributed by atoms with van der Waals surface area (Å²) < 4.78 is 20.2. The molecule has 5 aromatic rings. The van der Waals surface area contributed by atoms with Crippen LogP contribution in [-0.4, -0.2) is 20.6 Å². The Kier molecular flexibility index (Phi) is 5.41. The molecule has 0 spiro atoms. The number of para-hydroxylation sites is 1. The van der Waals surface area contributed by atoms with Gasteiger partial charge in [-0.25, -0.2) is 4.39 Å². The Balaban J connectivity index is 1.65. The highest BCUT2D eigenvalue weighted by molar-refractivity contribution is 5.85. The van der Waals surface area contributed by atoms with Crippen molar-refractivity contribution < 1.29 is 8.81 Å². The van der Waals surface area contributed by atoms with Crippen LogP contribution in [0.2, 0.25) is 0 Å². The zero-order valence-electron chi connectivity index (χ0n) is 18.9. The first-order chi connectivity index (χ1) is 16.4. The number of aromatic amines is 1. The van der Waals surface area contributed by atoms with Crippen LogP contribution in [0, 0.1) is 19.7 Å². The molecule has 0 radical (unpaired) electrons. The van der Waals surface area contributed by atoms with Gasteiger partial charge in [-0.15, -0.1) is 10.2 Å². The number of fused-ring (bicyclic) bond motifs is 1. The van der Waals surface area contributed by atoms with Gasteiger partial charge in [-0.1, -0.05) is 30.3 Å². The summed E-state index contributed by atoms with van der Waals surface area (Å²) in [6, 6.07) is 17.3. The summed E-state index contributed by atoms with van der Waals surface area (Å²) in [5.74, 6) is 0.443. The number of benzene rings is 3. The fraction of sp³-hybridized carbons (Fsp3) is 0.154. The number of tetrazole rings is 1. The molecular formula is C26H22FN5O2. The molecule has 0 aliphatic heterocycles. The zero-order chi connectivity index (χ0) is 23.8. The smallest absolute Gasteiger partial charge is 0.206 e. The van der Waals surface area contributed by atoms with E-state index in [2.05, 4.69) is 25.9 Å². The second-order valence-electron chi connectivity index (χ2n) is 8.27. The van der Waals surface area contributed by atoms with Gasteiger partial charge in [0, 0.05) is 27.9 Å². The Bertz CT molecular complexity index is 1560. The van der Waals surface area contributed by atoms with E-state index in [9.17, 15) is 9.18 Å². The van der Waals surface area contributed by atoms with Gasteiger partial charge in [0.05, 0.1) is 11.4 Å². The lowest BCUT2D eigenvalue weighted by Crippen LogP contribution is -2.13. The second-order valence-corrected chi connectivity index (χ2v) is 8.27. The number of aromatic nitrogens is 4. The Morgan fingerprint density at radius 3 is 2.65 bits per heavy atom. The van der Waals surface area contributed by atoms with Gasteiger partial charge in [-0.3, -0.25) is 4.79 Å². The molecule has 0 aliphatic rings. The lowest BCUT2D eigenvalue weighted by Gasteiger charge is -2.20. The minimum absolute atomic E-state index is 0.134. The molecule has 3 aromatic carbocycles. The van der Waals surface area contributed by atoms with Gasteiger partial charge in [-0.2, -0.15) is 5.21 Å². The standard InChI is InChI=1S/C26H22FN5O2/c1-14-11-20(16(3)28-22-10-5-4-9-19(22)26-29-31-32-30-26)25-21(12-14)23(33)15(2)24(34-25)17-7-6-8-18(27)13-17/h4-13,16,28H,1-3H3,(H,29,30,31,32)/t16-/m1/s1. The van der Waals surface area contributed by atoms with Crippen LogP contribution in [0.3, 0.4) is 0 Å². The largest absolute Gasteiger partial charge is 0.455 e. The van der Waals surface area contributed by atoms with Gasteiger partial charge < -0.3 is 9.73 Å². The normalized spacial score (nSPS) is 12.1. The van der Waals surface area contributed by atoms with Crippen LogP contribution >= 0.6 is 0 Å². The SMILES string of the molecule is Cc1cc([C@@H](C)Nc2ccccc2-c2nn[nH]n2)c2oc(-c3cccc(F)c3)c(C)c(=O)c2c1. The number of hydrogen-bond donors (Lipinski definition) is 2. The molecule has 7 nitrogen and oxygen atoms in total. The topological polar surface area (TPSA) is 96.7 Å². The molecule has 170 valence electrons. The quantitative estimate of drug-likeness (QED) is 0.360. The van der Waals surface area contributed by atoms with Gasteiger partial charge in [0.15, 0.2) is 5.43 Å². The summed E-state index contributed by atoms with van der Waals surface area (Å²) in [6.45, 7) is 5.64. The molecule has 5 rings (SSSR count). The summed E-state index contributed by atoms with van der Waals surface area (Å²) in [5, 5.41) is 18.3. The predicted molar refractivity (Wildman–Crippen MR) is 129 cm³/mol. The summed E-state index contributed by atoms with van der Waals surface area (Å²) >= 11 is 0. The van der Waals surface area contributed by atoms with E-state index in [1.807, 2.05) is 50.2 Å². The summed E-state index contributed by atoms with van der Waals surface area (Å²) in [4.78, 5) is 13.3. The van der Waals surface area contributed by atoms with Crippen LogP contribution in [-0.2, 0) is 0 Å². The minimum atomic E-state index is -0.392. The second kappa shape index (κ2) is 8.55. The number of H-pyrrole nitrogens is 1. The van der Waals surface area contributed by atoms with Crippen LogP contribution in [0.4, 0.5) is 10.1 Å². The van der Waals surface area contributed by atoms with Crippen LogP contribution < -0.4 is 10.7 Å². The highest BCUT2D eigenvalue weighted by Gasteiger charge is 2.20. The van der Waals surface area contributed by atoms with Gasteiger partial charge in [-0.05, 0) is 61.9 Å². The number of aryl methyl sites for hydroxylation is 1. The van der Waals surface area contributed by atoms with Crippen molar-refractivity contribution in [1.29, 1.82) is 0 Å². The predicted octanol–water partition coefficient (Wildman–Crippen LogP) is 5.57. The Labute approximate surface area is 194 Å². The van der Waals surface area contributed by atoms with Crippen molar-refractivity contribution >= 4 is 16.7 Å². The molecule has 0 saturated carbocycles. The third-order valence-corrected chi connectivity index (χ3v) is 5.83. The van der Waals surface area contributed by atoms with E-state index < -0.39 is 5.82 Å². The van der Waals surface area contributed by atoms with Crippen molar-refractivity contribution in [3.05, 3.63) is 93.4 Å². The number of halogens is 1. The minimum Gasteiger partial charge on any atom is -0.455 e. The Hall–Kier alpha value is -4.33. The van der Waals surface area contributed by atoms with Gasteiger partial charge >= 0.3 is 0 Å². The van der Waals surface area contributed by atoms with E-state index in [0.717, 1.165) is 22.4 Å². The van der Waals surface area contributed by atoms with Gasteiger partial charge in [0.1, 0.15) is 17.2 Å². The zero-order valence-corrected chi connectivity index (χ0v) is 18.9.